The average molecular weight is 428 g/mol. The lowest BCUT2D eigenvalue weighted by Gasteiger charge is -2.19. The van der Waals surface area contributed by atoms with Crippen LogP contribution in [0.25, 0.3) is 5.57 Å². The largest absolute Gasteiger partial charge is 0.495 e. The predicted octanol–water partition coefficient (Wildman–Crippen LogP) is 4.80. The Balaban J connectivity index is 1.85. The minimum atomic E-state index is -0.454. The Bertz CT molecular complexity index is 1200. The number of hydrogen-bond acceptors (Lipinski definition) is 5. The van der Waals surface area contributed by atoms with Gasteiger partial charge >= 0.3 is 0 Å². The summed E-state index contributed by atoms with van der Waals surface area (Å²) >= 11 is 0. The number of nitrogens with zero attached hydrogens (tertiary/aromatic N) is 1. The van der Waals surface area contributed by atoms with Crippen molar-refractivity contribution in [3.05, 3.63) is 89.6 Å². The van der Waals surface area contributed by atoms with Crippen molar-refractivity contribution in [2.45, 2.75) is 13.8 Å². The molecule has 1 aliphatic rings. The molecule has 162 valence electrons. The molecule has 32 heavy (non-hydrogen) atoms. The number of methoxy groups -OCH3 is 1. The van der Waals surface area contributed by atoms with Gasteiger partial charge in [-0.25, -0.2) is 4.90 Å². The molecule has 0 unspecified atom stereocenters. The van der Waals surface area contributed by atoms with Gasteiger partial charge in [0.15, 0.2) is 0 Å². The molecule has 3 aromatic carbocycles. The molecule has 2 amide bonds. The zero-order chi connectivity index (χ0) is 22.7. The van der Waals surface area contributed by atoms with Gasteiger partial charge in [-0.2, -0.15) is 0 Å². The lowest BCUT2D eigenvalue weighted by molar-refractivity contribution is -0.120. The van der Waals surface area contributed by atoms with Crippen LogP contribution < -0.4 is 19.7 Å². The molecule has 1 aliphatic heterocycles. The van der Waals surface area contributed by atoms with E-state index >= 15 is 0 Å². The Hall–Kier alpha value is -4.06. The number of hydrogen-bond donors (Lipinski definition) is 1. The van der Waals surface area contributed by atoms with Crippen LogP contribution in [0.4, 0.5) is 11.4 Å². The third-order valence-corrected chi connectivity index (χ3v) is 5.17. The maximum atomic E-state index is 13.6. The fourth-order valence-electron chi connectivity index (χ4n) is 3.71. The molecular formula is C26H24N2O4. The molecule has 0 spiro atoms. The summed E-state index contributed by atoms with van der Waals surface area (Å²) < 4.78 is 11.1. The molecule has 0 fully saturated rings. The second-order valence-electron chi connectivity index (χ2n) is 7.29. The molecule has 0 bridgehead atoms. The summed E-state index contributed by atoms with van der Waals surface area (Å²) in [4.78, 5) is 28.4. The van der Waals surface area contributed by atoms with Gasteiger partial charge in [0.2, 0.25) is 0 Å². The molecule has 0 radical (unpaired) electrons. The van der Waals surface area contributed by atoms with Gasteiger partial charge in [0.1, 0.15) is 17.2 Å². The standard InChI is InChI=1S/C26H24N2O4/c1-4-32-22-13-9-8-12-20(22)28-25(29)23(18-10-6-5-7-11-18)24(26(28)30)27-19-16-17(2)14-15-21(19)31-3/h5-16,27H,4H2,1-3H3. The smallest absolute Gasteiger partial charge is 0.282 e. The molecule has 0 aromatic heterocycles. The van der Waals surface area contributed by atoms with Crippen LogP contribution in [0, 0.1) is 6.92 Å². The molecular weight excluding hydrogens is 404 g/mol. The molecule has 0 saturated heterocycles. The molecule has 4 rings (SSSR count). The number of anilines is 2. The Labute approximate surface area is 187 Å². The van der Waals surface area contributed by atoms with Gasteiger partial charge in [-0.05, 0) is 49.2 Å². The lowest BCUT2D eigenvalue weighted by Crippen LogP contribution is -2.32. The highest BCUT2D eigenvalue weighted by Crippen LogP contribution is 2.39. The van der Waals surface area contributed by atoms with Crippen molar-refractivity contribution in [1.82, 2.24) is 0 Å². The van der Waals surface area contributed by atoms with E-state index < -0.39 is 11.8 Å². The van der Waals surface area contributed by atoms with E-state index in [1.165, 1.54) is 0 Å². The van der Waals surface area contributed by atoms with Crippen molar-refractivity contribution in [3.8, 4) is 11.5 Å². The third kappa shape index (κ3) is 3.83. The minimum Gasteiger partial charge on any atom is -0.495 e. The Morgan fingerprint density at radius 1 is 0.875 bits per heavy atom. The highest BCUT2D eigenvalue weighted by molar-refractivity contribution is 6.46. The molecule has 0 saturated carbocycles. The van der Waals surface area contributed by atoms with E-state index in [0.717, 1.165) is 10.5 Å². The highest BCUT2D eigenvalue weighted by atomic mass is 16.5. The number of para-hydroxylation sites is 2. The second kappa shape index (κ2) is 8.98. The molecule has 1 N–H and O–H groups in total. The quantitative estimate of drug-likeness (QED) is 0.548. The topological polar surface area (TPSA) is 67.9 Å². The van der Waals surface area contributed by atoms with Crippen molar-refractivity contribution in [2.75, 3.05) is 23.9 Å². The predicted molar refractivity (Wildman–Crippen MR) is 125 cm³/mol. The van der Waals surface area contributed by atoms with Crippen LogP contribution in [0.3, 0.4) is 0 Å². The molecule has 6 nitrogen and oxygen atoms in total. The van der Waals surface area contributed by atoms with Crippen LogP contribution in [0.15, 0.2) is 78.5 Å². The van der Waals surface area contributed by atoms with Crippen molar-refractivity contribution in [2.24, 2.45) is 0 Å². The molecule has 0 atom stereocenters. The number of nitrogens with one attached hydrogen (secondary N) is 1. The number of carbonyl (C=O) groups excluding carboxylic acids is 2. The van der Waals surface area contributed by atoms with Gasteiger partial charge in [0, 0.05) is 0 Å². The third-order valence-electron chi connectivity index (χ3n) is 5.17. The van der Waals surface area contributed by atoms with Crippen LogP contribution in [0.5, 0.6) is 11.5 Å². The van der Waals surface area contributed by atoms with Crippen molar-refractivity contribution >= 4 is 28.8 Å². The van der Waals surface area contributed by atoms with Crippen LogP contribution in [-0.2, 0) is 9.59 Å². The minimum absolute atomic E-state index is 0.191. The SMILES string of the molecule is CCOc1ccccc1N1C(=O)C(Nc2cc(C)ccc2OC)=C(c2ccccc2)C1=O. The van der Waals surface area contributed by atoms with E-state index in [1.807, 2.05) is 68.4 Å². The van der Waals surface area contributed by atoms with E-state index in [9.17, 15) is 9.59 Å². The van der Waals surface area contributed by atoms with Crippen LogP contribution in [0.2, 0.25) is 0 Å². The summed E-state index contributed by atoms with van der Waals surface area (Å²) in [6.07, 6.45) is 0. The average Bonchev–Trinajstić information content (AvgIpc) is 3.04. The fourth-order valence-corrected chi connectivity index (χ4v) is 3.71. The summed E-state index contributed by atoms with van der Waals surface area (Å²) in [6.45, 7) is 4.22. The monoisotopic (exact) mass is 428 g/mol. The molecule has 1 heterocycles. The lowest BCUT2D eigenvalue weighted by atomic mass is 10.0. The van der Waals surface area contributed by atoms with Crippen molar-refractivity contribution in [3.63, 3.8) is 0 Å². The van der Waals surface area contributed by atoms with Gasteiger partial charge in [-0.3, -0.25) is 9.59 Å². The number of ether oxygens (including phenoxy) is 2. The first kappa shape index (κ1) is 21.2. The number of benzene rings is 3. The Kier molecular flexibility index (Phi) is 5.94. The summed E-state index contributed by atoms with van der Waals surface area (Å²) in [5, 5.41) is 3.18. The summed E-state index contributed by atoms with van der Waals surface area (Å²) in [5.74, 6) is 0.175. The zero-order valence-corrected chi connectivity index (χ0v) is 18.2. The van der Waals surface area contributed by atoms with E-state index in [0.29, 0.717) is 40.6 Å². The van der Waals surface area contributed by atoms with E-state index in [1.54, 1.807) is 25.3 Å². The molecule has 0 aliphatic carbocycles. The maximum Gasteiger partial charge on any atom is 0.282 e. The second-order valence-corrected chi connectivity index (χ2v) is 7.29. The van der Waals surface area contributed by atoms with Gasteiger partial charge in [-0.1, -0.05) is 48.5 Å². The first-order valence-electron chi connectivity index (χ1n) is 10.4. The van der Waals surface area contributed by atoms with E-state index in [-0.39, 0.29) is 5.70 Å². The van der Waals surface area contributed by atoms with Gasteiger partial charge in [0.05, 0.1) is 30.7 Å². The number of amides is 2. The number of rotatable bonds is 7. The van der Waals surface area contributed by atoms with Crippen LogP contribution in [0.1, 0.15) is 18.1 Å². The highest BCUT2D eigenvalue weighted by Gasteiger charge is 2.41. The number of imide groups is 1. The van der Waals surface area contributed by atoms with E-state index in [4.69, 9.17) is 9.47 Å². The molecule has 6 heteroatoms. The first-order valence-corrected chi connectivity index (χ1v) is 10.4. The van der Waals surface area contributed by atoms with Crippen molar-refractivity contribution in [1.29, 1.82) is 0 Å². The first-order chi connectivity index (χ1) is 15.5. The Morgan fingerprint density at radius 3 is 2.31 bits per heavy atom. The maximum absolute atomic E-state index is 13.6. The van der Waals surface area contributed by atoms with E-state index in [2.05, 4.69) is 5.32 Å². The summed E-state index contributed by atoms with van der Waals surface area (Å²) in [5.41, 5.74) is 3.14. The molecule has 3 aromatic rings. The fraction of sp³-hybridized carbons (Fsp3) is 0.154. The van der Waals surface area contributed by atoms with Crippen LogP contribution in [-0.4, -0.2) is 25.5 Å². The van der Waals surface area contributed by atoms with Gasteiger partial charge in [0.25, 0.3) is 11.8 Å². The zero-order valence-electron chi connectivity index (χ0n) is 18.2. The Morgan fingerprint density at radius 2 is 1.59 bits per heavy atom. The summed E-state index contributed by atoms with van der Waals surface area (Å²) in [6, 6.07) is 21.8. The summed E-state index contributed by atoms with van der Waals surface area (Å²) in [7, 11) is 1.56. The number of aryl methyl sites for hydroxylation is 1. The van der Waals surface area contributed by atoms with Crippen molar-refractivity contribution < 1.29 is 19.1 Å². The normalized spacial score (nSPS) is 13.5. The van der Waals surface area contributed by atoms with Gasteiger partial charge in [-0.15, -0.1) is 0 Å². The van der Waals surface area contributed by atoms with Crippen LogP contribution >= 0.6 is 0 Å². The number of carbonyl (C=O) groups is 2. The van der Waals surface area contributed by atoms with Gasteiger partial charge < -0.3 is 14.8 Å².